The summed E-state index contributed by atoms with van der Waals surface area (Å²) in [6.45, 7) is 6.49. The molecular weight excluding hydrogens is 365 g/mol. The van der Waals surface area contributed by atoms with Crippen molar-refractivity contribution in [1.82, 2.24) is 15.5 Å². The number of halogens is 1. The third-order valence-electron chi connectivity index (χ3n) is 4.24. The molecule has 8 heteroatoms. The number of carbonyl (C=O) groups is 3. The number of alkyl carbamates (subject to hydrolysis) is 1. The van der Waals surface area contributed by atoms with Gasteiger partial charge in [0.05, 0.1) is 0 Å². The van der Waals surface area contributed by atoms with Crippen molar-refractivity contribution < 1.29 is 23.5 Å². The molecule has 7 nitrogen and oxygen atoms in total. The normalized spacial score (nSPS) is 15.1. The van der Waals surface area contributed by atoms with Crippen LogP contribution in [-0.4, -0.2) is 54.1 Å². The van der Waals surface area contributed by atoms with E-state index in [-0.39, 0.29) is 30.8 Å². The van der Waals surface area contributed by atoms with Gasteiger partial charge in [-0.05, 0) is 51.8 Å². The molecule has 0 saturated carbocycles. The number of rotatable bonds is 5. The zero-order chi connectivity index (χ0) is 20.7. The van der Waals surface area contributed by atoms with Gasteiger partial charge in [-0.15, -0.1) is 0 Å². The molecule has 2 N–H and O–H groups in total. The van der Waals surface area contributed by atoms with Crippen LogP contribution in [0.25, 0.3) is 0 Å². The molecule has 0 bridgehead atoms. The first-order chi connectivity index (χ1) is 13.1. The summed E-state index contributed by atoms with van der Waals surface area (Å²) in [5.74, 6) is -0.801. The van der Waals surface area contributed by atoms with Crippen LogP contribution in [0.4, 0.5) is 9.18 Å². The maximum absolute atomic E-state index is 13.3. The number of hydrogen-bond acceptors (Lipinski definition) is 4. The Labute approximate surface area is 164 Å². The van der Waals surface area contributed by atoms with Gasteiger partial charge in [-0.2, -0.15) is 0 Å². The maximum Gasteiger partial charge on any atom is 0.407 e. The van der Waals surface area contributed by atoms with Crippen molar-refractivity contribution in [2.75, 3.05) is 19.6 Å². The molecule has 1 heterocycles. The number of amides is 3. The largest absolute Gasteiger partial charge is 0.444 e. The van der Waals surface area contributed by atoms with E-state index in [1.54, 1.807) is 31.7 Å². The van der Waals surface area contributed by atoms with Crippen molar-refractivity contribution in [2.24, 2.45) is 0 Å². The number of benzene rings is 1. The Balaban J connectivity index is 1.68. The molecule has 0 atom stereocenters. The van der Waals surface area contributed by atoms with Crippen molar-refractivity contribution in [1.29, 1.82) is 0 Å². The molecule has 0 radical (unpaired) electrons. The van der Waals surface area contributed by atoms with Gasteiger partial charge < -0.3 is 20.3 Å². The zero-order valence-corrected chi connectivity index (χ0v) is 16.6. The zero-order valence-electron chi connectivity index (χ0n) is 16.6. The van der Waals surface area contributed by atoms with Crippen molar-refractivity contribution in [3.63, 3.8) is 0 Å². The highest BCUT2D eigenvalue weighted by Gasteiger charge is 2.25. The van der Waals surface area contributed by atoms with Gasteiger partial charge in [0.1, 0.15) is 11.4 Å². The van der Waals surface area contributed by atoms with Gasteiger partial charge in [0.25, 0.3) is 5.91 Å². The number of carbonyl (C=O) groups excluding carboxylic acids is 3. The molecule has 154 valence electrons. The van der Waals surface area contributed by atoms with Gasteiger partial charge >= 0.3 is 6.09 Å². The number of nitrogens with zero attached hydrogens (tertiary/aromatic N) is 1. The van der Waals surface area contributed by atoms with E-state index in [0.29, 0.717) is 31.5 Å². The predicted molar refractivity (Wildman–Crippen MR) is 102 cm³/mol. The minimum absolute atomic E-state index is 0.0226. The Kier molecular flexibility index (Phi) is 7.37. The molecule has 1 aromatic carbocycles. The Bertz CT molecular complexity index is 710. The van der Waals surface area contributed by atoms with Gasteiger partial charge in [-0.1, -0.05) is 6.07 Å². The van der Waals surface area contributed by atoms with Crippen molar-refractivity contribution in [3.05, 3.63) is 35.6 Å². The number of ether oxygens (including phenoxy) is 1. The van der Waals surface area contributed by atoms with Gasteiger partial charge in [0, 0.05) is 37.7 Å². The quantitative estimate of drug-likeness (QED) is 0.804. The Hall–Kier alpha value is -2.64. The van der Waals surface area contributed by atoms with Crippen LogP contribution in [0.3, 0.4) is 0 Å². The predicted octanol–water partition coefficient (Wildman–Crippen LogP) is 2.46. The average Bonchev–Trinajstić information content (AvgIpc) is 2.60. The van der Waals surface area contributed by atoms with E-state index in [1.807, 2.05) is 0 Å². The van der Waals surface area contributed by atoms with Crippen LogP contribution in [-0.2, 0) is 9.53 Å². The standard InChI is InChI=1S/C20H28FN3O4/c1-20(2,3)28-19(27)22-10-7-17(25)23-16-8-11-24(12-9-16)18(26)14-5-4-6-15(21)13-14/h4-6,13,16H,7-12H2,1-3H3,(H,22,27)(H,23,25). The molecule has 3 amide bonds. The second-order valence-electron chi connectivity index (χ2n) is 7.82. The number of nitrogens with one attached hydrogen (secondary N) is 2. The summed E-state index contributed by atoms with van der Waals surface area (Å²) >= 11 is 0. The van der Waals surface area contributed by atoms with E-state index in [2.05, 4.69) is 10.6 Å². The molecule has 0 aromatic heterocycles. The van der Waals surface area contributed by atoms with Crippen LogP contribution in [0, 0.1) is 5.82 Å². The van der Waals surface area contributed by atoms with Crippen LogP contribution in [0.2, 0.25) is 0 Å². The molecule has 28 heavy (non-hydrogen) atoms. The maximum atomic E-state index is 13.3. The lowest BCUT2D eigenvalue weighted by Crippen LogP contribution is -2.47. The van der Waals surface area contributed by atoms with Crippen LogP contribution in [0.15, 0.2) is 24.3 Å². The Morgan fingerprint density at radius 2 is 1.89 bits per heavy atom. The Morgan fingerprint density at radius 3 is 2.50 bits per heavy atom. The second kappa shape index (κ2) is 9.52. The van der Waals surface area contributed by atoms with Crippen molar-refractivity contribution in [3.8, 4) is 0 Å². The highest BCUT2D eigenvalue weighted by atomic mass is 19.1. The van der Waals surface area contributed by atoms with Gasteiger partial charge in [-0.25, -0.2) is 9.18 Å². The lowest BCUT2D eigenvalue weighted by molar-refractivity contribution is -0.121. The molecule has 0 spiro atoms. The van der Waals surface area contributed by atoms with Gasteiger partial charge in [0.2, 0.25) is 5.91 Å². The van der Waals surface area contributed by atoms with E-state index < -0.39 is 17.5 Å². The molecule has 0 aliphatic carbocycles. The SMILES string of the molecule is CC(C)(C)OC(=O)NCCC(=O)NC1CCN(C(=O)c2cccc(F)c2)CC1. The van der Waals surface area contributed by atoms with Crippen molar-refractivity contribution in [2.45, 2.75) is 51.7 Å². The lowest BCUT2D eigenvalue weighted by atomic mass is 10.0. The van der Waals surface area contributed by atoms with Crippen LogP contribution < -0.4 is 10.6 Å². The van der Waals surface area contributed by atoms with Crippen LogP contribution >= 0.6 is 0 Å². The van der Waals surface area contributed by atoms with Gasteiger partial charge in [0.15, 0.2) is 0 Å². The number of likely N-dealkylation sites (tertiary alicyclic amines) is 1. The molecular formula is C20H28FN3O4. The van der Waals surface area contributed by atoms with Crippen molar-refractivity contribution >= 4 is 17.9 Å². The highest BCUT2D eigenvalue weighted by Crippen LogP contribution is 2.15. The molecule has 0 unspecified atom stereocenters. The topological polar surface area (TPSA) is 87.7 Å². The van der Waals surface area contributed by atoms with E-state index in [9.17, 15) is 18.8 Å². The molecule has 2 rings (SSSR count). The van der Waals surface area contributed by atoms with E-state index in [1.165, 1.54) is 18.2 Å². The summed E-state index contributed by atoms with van der Waals surface area (Å²) in [5, 5.41) is 5.47. The van der Waals surface area contributed by atoms with Crippen LogP contribution in [0.1, 0.15) is 50.4 Å². The fourth-order valence-corrected chi connectivity index (χ4v) is 2.92. The number of hydrogen-bond donors (Lipinski definition) is 2. The first-order valence-corrected chi connectivity index (χ1v) is 9.45. The summed E-state index contributed by atoms with van der Waals surface area (Å²) < 4.78 is 18.4. The average molecular weight is 393 g/mol. The minimum atomic E-state index is -0.580. The third-order valence-corrected chi connectivity index (χ3v) is 4.24. The monoisotopic (exact) mass is 393 g/mol. The highest BCUT2D eigenvalue weighted by molar-refractivity contribution is 5.94. The molecule has 1 aliphatic heterocycles. The number of piperidine rings is 1. The third kappa shape index (κ3) is 7.17. The van der Waals surface area contributed by atoms with E-state index in [4.69, 9.17) is 4.74 Å². The lowest BCUT2D eigenvalue weighted by Gasteiger charge is -2.32. The summed E-state index contributed by atoms with van der Waals surface area (Å²) in [6, 6.07) is 5.62. The summed E-state index contributed by atoms with van der Waals surface area (Å²) in [4.78, 5) is 37.6. The fraction of sp³-hybridized carbons (Fsp3) is 0.550. The first kappa shape index (κ1) is 21.7. The second-order valence-corrected chi connectivity index (χ2v) is 7.82. The minimum Gasteiger partial charge on any atom is -0.444 e. The fourth-order valence-electron chi connectivity index (χ4n) is 2.92. The molecule has 1 saturated heterocycles. The van der Waals surface area contributed by atoms with E-state index >= 15 is 0 Å². The van der Waals surface area contributed by atoms with E-state index in [0.717, 1.165) is 0 Å². The first-order valence-electron chi connectivity index (χ1n) is 9.45. The van der Waals surface area contributed by atoms with Crippen LogP contribution in [0.5, 0.6) is 0 Å². The summed E-state index contributed by atoms with van der Waals surface area (Å²) in [6.07, 6.45) is 0.866. The molecule has 1 aromatic rings. The smallest absolute Gasteiger partial charge is 0.407 e. The Morgan fingerprint density at radius 1 is 1.21 bits per heavy atom. The molecule has 1 fully saturated rings. The summed E-state index contributed by atoms with van der Waals surface area (Å²) in [7, 11) is 0. The van der Waals surface area contributed by atoms with Gasteiger partial charge in [-0.3, -0.25) is 9.59 Å². The molecule has 1 aliphatic rings. The summed E-state index contributed by atoms with van der Waals surface area (Å²) in [5.41, 5.74) is -0.251.